The van der Waals surface area contributed by atoms with Gasteiger partial charge in [0.15, 0.2) is 0 Å². The second-order valence-electron chi connectivity index (χ2n) is 6.43. The predicted molar refractivity (Wildman–Crippen MR) is 89.5 cm³/mol. The second-order valence-corrected chi connectivity index (χ2v) is 7.49. The molecule has 2 aliphatic rings. The molecule has 0 unspecified atom stereocenters. The number of anilines is 1. The molecule has 2 atom stereocenters. The van der Waals surface area contributed by atoms with Gasteiger partial charge in [-0.05, 0) is 19.4 Å². The second kappa shape index (κ2) is 6.14. The van der Waals surface area contributed by atoms with Crippen LogP contribution in [0, 0.1) is 6.92 Å². The first kappa shape index (κ1) is 15.0. The molecule has 4 heterocycles. The number of rotatable bonds is 4. The van der Waals surface area contributed by atoms with Crippen LogP contribution in [0.1, 0.15) is 23.5 Å². The fourth-order valence-corrected chi connectivity index (χ4v) is 4.15. The van der Waals surface area contributed by atoms with Gasteiger partial charge in [-0.3, -0.25) is 4.90 Å². The summed E-state index contributed by atoms with van der Waals surface area (Å²) in [4.78, 5) is 15.5. The minimum absolute atomic E-state index is 0.0164. The highest BCUT2D eigenvalue weighted by molar-refractivity contribution is 7.09. The van der Waals surface area contributed by atoms with Gasteiger partial charge in [0.05, 0.1) is 29.0 Å². The van der Waals surface area contributed by atoms with E-state index in [2.05, 4.69) is 37.5 Å². The average molecular weight is 331 g/mol. The van der Waals surface area contributed by atoms with Crippen molar-refractivity contribution in [1.29, 1.82) is 0 Å². The molecule has 2 aromatic heterocycles. The number of aromatic nitrogens is 3. The normalized spacial score (nSPS) is 27.8. The molecule has 0 aliphatic carbocycles. The van der Waals surface area contributed by atoms with E-state index in [1.54, 1.807) is 23.7 Å². The molecule has 2 aromatic rings. The highest BCUT2D eigenvalue weighted by Crippen LogP contribution is 2.36. The summed E-state index contributed by atoms with van der Waals surface area (Å²) >= 11 is 1.72. The van der Waals surface area contributed by atoms with E-state index in [9.17, 15) is 0 Å². The highest BCUT2D eigenvalue weighted by atomic mass is 32.1. The van der Waals surface area contributed by atoms with E-state index in [0.717, 1.165) is 44.1 Å². The van der Waals surface area contributed by atoms with Crippen molar-refractivity contribution in [2.45, 2.75) is 38.0 Å². The third-order valence-electron chi connectivity index (χ3n) is 4.56. The quantitative estimate of drug-likeness (QED) is 0.925. The van der Waals surface area contributed by atoms with Crippen LogP contribution in [0.2, 0.25) is 0 Å². The molecule has 2 fully saturated rings. The molecule has 7 heteroatoms. The molecule has 0 amide bonds. The van der Waals surface area contributed by atoms with Crippen LogP contribution in [0.15, 0.2) is 23.8 Å². The van der Waals surface area contributed by atoms with E-state index in [4.69, 9.17) is 4.74 Å². The predicted octanol–water partition coefficient (Wildman–Crippen LogP) is 2.09. The maximum atomic E-state index is 6.18. The Balaban J connectivity index is 1.34. The Bertz CT molecular complexity index is 664. The Kier molecular flexibility index (Phi) is 4.00. The zero-order valence-electron chi connectivity index (χ0n) is 13.2. The number of aryl methyl sites for hydroxylation is 1. The Morgan fingerprint density at radius 3 is 3.09 bits per heavy atom. The van der Waals surface area contributed by atoms with Gasteiger partial charge in [-0.2, -0.15) is 0 Å². The first-order valence-corrected chi connectivity index (χ1v) is 8.90. The summed E-state index contributed by atoms with van der Waals surface area (Å²) in [5.74, 6) is 0.686. The van der Waals surface area contributed by atoms with Crippen LogP contribution in [-0.2, 0) is 11.3 Å². The fourth-order valence-electron chi connectivity index (χ4n) is 3.55. The Labute approximate surface area is 139 Å². The molecule has 1 spiro atoms. The number of likely N-dealkylation sites (tertiary alicyclic amines) is 1. The van der Waals surface area contributed by atoms with Crippen molar-refractivity contribution >= 4 is 17.3 Å². The van der Waals surface area contributed by atoms with Gasteiger partial charge in [0, 0.05) is 43.8 Å². The van der Waals surface area contributed by atoms with Gasteiger partial charge in [0.25, 0.3) is 0 Å². The standard InChI is InChI=1S/C16H21N5OS/c1-12-19-14(10-23-12)8-21-6-3-16(11-21)7-13(9-22-16)20-15-17-4-2-5-18-15/h2,4-5,10,13H,3,6-9,11H2,1H3,(H,17,18,20)/t13-,16+/m0/s1. The molecule has 0 radical (unpaired) electrons. The maximum Gasteiger partial charge on any atom is 0.222 e. The number of hydrogen-bond donors (Lipinski definition) is 1. The van der Waals surface area contributed by atoms with Crippen molar-refractivity contribution in [3.05, 3.63) is 34.5 Å². The van der Waals surface area contributed by atoms with Gasteiger partial charge >= 0.3 is 0 Å². The van der Waals surface area contributed by atoms with Gasteiger partial charge in [-0.25, -0.2) is 15.0 Å². The van der Waals surface area contributed by atoms with Crippen molar-refractivity contribution < 1.29 is 4.74 Å². The van der Waals surface area contributed by atoms with Crippen LogP contribution in [0.25, 0.3) is 0 Å². The van der Waals surface area contributed by atoms with Gasteiger partial charge < -0.3 is 10.1 Å². The number of nitrogens with one attached hydrogen (secondary N) is 1. The van der Waals surface area contributed by atoms with E-state index in [0.29, 0.717) is 12.0 Å². The molecule has 6 nitrogen and oxygen atoms in total. The van der Waals surface area contributed by atoms with E-state index >= 15 is 0 Å². The van der Waals surface area contributed by atoms with Gasteiger partial charge in [-0.15, -0.1) is 11.3 Å². The molecule has 23 heavy (non-hydrogen) atoms. The summed E-state index contributed by atoms with van der Waals surface area (Å²) < 4.78 is 6.18. The lowest BCUT2D eigenvalue weighted by Gasteiger charge is -2.23. The molecule has 2 saturated heterocycles. The molecule has 1 N–H and O–H groups in total. The van der Waals surface area contributed by atoms with Gasteiger partial charge in [-0.1, -0.05) is 0 Å². The van der Waals surface area contributed by atoms with E-state index in [1.165, 1.54) is 5.69 Å². The maximum absolute atomic E-state index is 6.18. The van der Waals surface area contributed by atoms with Gasteiger partial charge in [0.1, 0.15) is 0 Å². The largest absolute Gasteiger partial charge is 0.371 e. The summed E-state index contributed by atoms with van der Waals surface area (Å²) in [6, 6.07) is 2.12. The molecule has 4 rings (SSSR count). The van der Waals surface area contributed by atoms with Crippen LogP contribution in [0.4, 0.5) is 5.95 Å². The van der Waals surface area contributed by atoms with Crippen molar-refractivity contribution in [1.82, 2.24) is 19.9 Å². The minimum Gasteiger partial charge on any atom is -0.371 e. The van der Waals surface area contributed by atoms with Crippen molar-refractivity contribution in [3.8, 4) is 0 Å². The molecule has 122 valence electrons. The topological polar surface area (TPSA) is 63.2 Å². The van der Waals surface area contributed by atoms with Crippen LogP contribution in [0.3, 0.4) is 0 Å². The first-order valence-electron chi connectivity index (χ1n) is 8.02. The lowest BCUT2D eigenvalue weighted by molar-refractivity contribution is 0.0119. The summed E-state index contributed by atoms with van der Waals surface area (Å²) in [6.07, 6.45) is 5.61. The molecular formula is C16H21N5OS. The molecule has 0 aromatic carbocycles. The van der Waals surface area contributed by atoms with E-state index < -0.39 is 0 Å². The van der Waals surface area contributed by atoms with Crippen molar-refractivity contribution in [2.24, 2.45) is 0 Å². The smallest absolute Gasteiger partial charge is 0.222 e. The van der Waals surface area contributed by atoms with Crippen molar-refractivity contribution in [2.75, 3.05) is 25.0 Å². The van der Waals surface area contributed by atoms with Crippen molar-refractivity contribution in [3.63, 3.8) is 0 Å². The summed E-state index contributed by atoms with van der Waals surface area (Å²) in [7, 11) is 0. The lowest BCUT2D eigenvalue weighted by Crippen LogP contribution is -2.33. The van der Waals surface area contributed by atoms with Gasteiger partial charge in [0.2, 0.25) is 5.95 Å². The number of ether oxygens (including phenoxy) is 1. The zero-order valence-corrected chi connectivity index (χ0v) is 14.1. The highest BCUT2D eigenvalue weighted by Gasteiger charge is 2.45. The molecule has 0 bridgehead atoms. The van der Waals surface area contributed by atoms with E-state index in [-0.39, 0.29) is 5.60 Å². The van der Waals surface area contributed by atoms with Crippen LogP contribution in [0.5, 0.6) is 0 Å². The minimum atomic E-state index is -0.0164. The Hall–Kier alpha value is -1.57. The summed E-state index contributed by atoms with van der Waals surface area (Å²) in [6.45, 7) is 5.77. The fraction of sp³-hybridized carbons (Fsp3) is 0.562. The lowest BCUT2D eigenvalue weighted by atomic mass is 9.97. The Morgan fingerprint density at radius 1 is 1.43 bits per heavy atom. The summed E-state index contributed by atoms with van der Waals surface area (Å²) in [5, 5.41) is 6.68. The Morgan fingerprint density at radius 2 is 2.30 bits per heavy atom. The molecular weight excluding hydrogens is 310 g/mol. The number of thiazole rings is 1. The third kappa shape index (κ3) is 3.36. The average Bonchev–Trinajstić information content (AvgIpc) is 3.24. The van der Waals surface area contributed by atoms with Crippen LogP contribution >= 0.6 is 11.3 Å². The third-order valence-corrected chi connectivity index (χ3v) is 5.38. The molecule has 0 saturated carbocycles. The number of nitrogens with zero attached hydrogens (tertiary/aromatic N) is 4. The molecule has 2 aliphatic heterocycles. The van der Waals surface area contributed by atoms with Crippen LogP contribution in [-0.4, -0.2) is 51.2 Å². The SMILES string of the molecule is Cc1nc(CN2CC[C@@]3(C[C@H](Nc4ncccn4)CO3)C2)cs1. The van der Waals surface area contributed by atoms with Crippen LogP contribution < -0.4 is 5.32 Å². The number of hydrogen-bond acceptors (Lipinski definition) is 7. The first-order chi connectivity index (χ1) is 11.2. The summed E-state index contributed by atoms with van der Waals surface area (Å²) in [5.41, 5.74) is 1.16. The van der Waals surface area contributed by atoms with E-state index in [1.807, 2.05) is 6.07 Å². The zero-order chi connectivity index (χ0) is 15.7. The monoisotopic (exact) mass is 331 g/mol.